The Morgan fingerprint density at radius 2 is 1.95 bits per heavy atom. The fraction of sp³-hybridized carbons (Fsp3) is 0.647. The number of nitrogens with zero attached hydrogens (tertiary/aromatic N) is 1. The Kier molecular flexibility index (Phi) is 5.63. The highest BCUT2D eigenvalue weighted by molar-refractivity contribution is 6.53. The van der Waals surface area contributed by atoms with Gasteiger partial charge in [-0.25, -0.2) is 4.39 Å². The lowest BCUT2D eigenvalue weighted by molar-refractivity contribution is 0.288. The van der Waals surface area contributed by atoms with Crippen LogP contribution in [0.15, 0.2) is 18.2 Å². The van der Waals surface area contributed by atoms with Crippen molar-refractivity contribution in [3.05, 3.63) is 29.6 Å². The molecule has 1 saturated heterocycles. The van der Waals surface area contributed by atoms with E-state index in [-0.39, 0.29) is 16.9 Å². The van der Waals surface area contributed by atoms with Crippen LogP contribution in [-0.2, 0) is 11.0 Å². The molecule has 1 aliphatic rings. The number of benzene rings is 1. The van der Waals surface area contributed by atoms with Gasteiger partial charge >= 0.3 is 0 Å². The summed E-state index contributed by atoms with van der Waals surface area (Å²) in [5, 5.41) is 0.192. The molecule has 1 atom stereocenters. The Bertz CT molecular complexity index is 496. The van der Waals surface area contributed by atoms with Crippen LogP contribution in [0.4, 0.5) is 10.1 Å². The number of nitrogens with two attached hydrogens (primary N) is 1. The van der Waals surface area contributed by atoms with E-state index in [0.29, 0.717) is 17.9 Å². The van der Waals surface area contributed by atoms with Crippen LogP contribution in [0.3, 0.4) is 0 Å². The van der Waals surface area contributed by atoms with Crippen LogP contribution in [0, 0.1) is 5.82 Å². The second-order valence-corrected chi connectivity index (χ2v) is 10.7. The molecule has 1 fully saturated rings. The predicted molar refractivity (Wildman–Crippen MR) is 93.3 cm³/mol. The first-order valence-corrected chi connectivity index (χ1v) is 10.4. The van der Waals surface area contributed by atoms with Gasteiger partial charge in [-0.3, -0.25) is 0 Å². The molecule has 22 heavy (non-hydrogen) atoms. The van der Waals surface area contributed by atoms with Crippen molar-refractivity contribution in [2.45, 2.75) is 57.8 Å². The van der Waals surface area contributed by atoms with E-state index in [0.717, 1.165) is 25.9 Å². The Balaban J connectivity index is 2.06. The lowest BCUT2D eigenvalue weighted by Gasteiger charge is -2.32. The molecule has 0 aliphatic carbocycles. The average molecular weight is 325 g/mol. The summed E-state index contributed by atoms with van der Waals surface area (Å²) in [6.07, 6.45) is 1.85. The molecule has 1 aliphatic heterocycles. The molecule has 3 nitrogen and oxygen atoms in total. The first kappa shape index (κ1) is 17.4. The quantitative estimate of drug-likeness (QED) is 0.863. The molecular formula is C17H29FN2OSi. The smallest absolute Gasteiger partial charge is 0.179 e. The molecule has 0 aromatic heterocycles. The standard InChI is InChI=1S/C17H29FN2OSi/c1-17(2,3)22(4)21-12-13-6-5-7-15(16(13)18)20-10-8-14(19)9-11-20/h5-7,14,22H,8-12,19H2,1-4H3. The number of hydrogen-bond donors (Lipinski definition) is 1. The van der Waals surface area contributed by atoms with Crippen LogP contribution in [0.2, 0.25) is 11.6 Å². The van der Waals surface area contributed by atoms with Gasteiger partial charge in [-0.1, -0.05) is 32.9 Å². The Hall–Kier alpha value is -0.913. The molecule has 1 unspecified atom stereocenters. The Morgan fingerprint density at radius 1 is 1.32 bits per heavy atom. The van der Waals surface area contributed by atoms with Crippen molar-refractivity contribution in [3.8, 4) is 0 Å². The van der Waals surface area contributed by atoms with E-state index in [4.69, 9.17) is 10.2 Å². The van der Waals surface area contributed by atoms with Gasteiger partial charge in [0.2, 0.25) is 0 Å². The van der Waals surface area contributed by atoms with Crippen LogP contribution >= 0.6 is 0 Å². The summed E-state index contributed by atoms with van der Waals surface area (Å²) in [6.45, 7) is 10.8. The SMILES string of the molecule is C[SiH](OCc1cccc(N2CCC(N)CC2)c1F)C(C)(C)C. The topological polar surface area (TPSA) is 38.5 Å². The van der Waals surface area contributed by atoms with Crippen molar-refractivity contribution >= 4 is 14.7 Å². The average Bonchev–Trinajstić information content (AvgIpc) is 2.46. The second kappa shape index (κ2) is 7.11. The first-order chi connectivity index (χ1) is 10.3. The maximum atomic E-state index is 14.8. The number of rotatable bonds is 4. The molecular weight excluding hydrogens is 295 g/mol. The van der Waals surface area contributed by atoms with Crippen molar-refractivity contribution in [2.75, 3.05) is 18.0 Å². The Labute approximate surface area is 135 Å². The van der Waals surface area contributed by atoms with Gasteiger partial charge in [-0.05, 0) is 30.5 Å². The summed E-state index contributed by atoms with van der Waals surface area (Å²) in [6, 6.07) is 5.87. The highest BCUT2D eigenvalue weighted by atomic mass is 28.3. The van der Waals surface area contributed by atoms with E-state index in [1.807, 2.05) is 18.2 Å². The highest BCUT2D eigenvalue weighted by Crippen LogP contribution is 2.29. The third-order valence-corrected chi connectivity index (χ3v) is 7.75. The van der Waals surface area contributed by atoms with Crippen molar-refractivity contribution < 1.29 is 8.82 Å². The van der Waals surface area contributed by atoms with Gasteiger partial charge in [0.25, 0.3) is 0 Å². The van der Waals surface area contributed by atoms with Crippen LogP contribution in [0.1, 0.15) is 39.2 Å². The van der Waals surface area contributed by atoms with E-state index in [9.17, 15) is 4.39 Å². The summed E-state index contributed by atoms with van der Waals surface area (Å²) < 4.78 is 20.8. The summed E-state index contributed by atoms with van der Waals surface area (Å²) in [5.74, 6) is -0.131. The molecule has 0 spiro atoms. The minimum Gasteiger partial charge on any atom is -0.415 e. The van der Waals surface area contributed by atoms with Crippen LogP contribution < -0.4 is 10.6 Å². The predicted octanol–water partition coefficient (Wildman–Crippen LogP) is 3.42. The van der Waals surface area contributed by atoms with Crippen molar-refractivity contribution in [3.63, 3.8) is 0 Å². The zero-order chi connectivity index (χ0) is 16.3. The fourth-order valence-electron chi connectivity index (χ4n) is 2.53. The monoisotopic (exact) mass is 324 g/mol. The van der Waals surface area contributed by atoms with E-state index in [1.54, 1.807) is 0 Å². The molecule has 0 saturated carbocycles. The molecule has 1 aromatic rings. The van der Waals surface area contributed by atoms with Crippen LogP contribution in [0.25, 0.3) is 0 Å². The molecule has 124 valence electrons. The van der Waals surface area contributed by atoms with Gasteiger partial charge in [0.1, 0.15) is 0 Å². The molecule has 0 amide bonds. The minimum atomic E-state index is -1.34. The number of anilines is 1. The largest absolute Gasteiger partial charge is 0.415 e. The van der Waals surface area contributed by atoms with Crippen LogP contribution in [-0.4, -0.2) is 28.2 Å². The van der Waals surface area contributed by atoms with Gasteiger partial charge in [0, 0.05) is 24.7 Å². The normalized spacial score (nSPS) is 18.5. The zero-order valence-electron chi connectivity index (χ0n) is 14.2. The number of hydrogen-bond acceptors (Lipinski definition) is 3. The lowest BCUT2D eigenvalue weighted by atomic mass is 10.0. The van der Waals surface area contributed by atoms with E-state index >= 15 is 0 Å². The summed E-state index contributed by atoms with van der Waals surface area (Å²) in [5.41, 5.74) is 7.28. The minimum absolute atomic E-state index is 0.131. The molecule has 2 rings (SSSR count). The van der Waals surface area contributed by atoms with Gasteiger partial charge < -0.3 is 15.1 Å². The molecule has 1 aromatic carbocycles. The highest BCUT2D eigenvalue weighted by Gasteiger charge is 2.24. The van der Waals surface area contributed by atoms with Gasteiger partial charge in [0.05, 0.1) is 12.3 Å². The summed E-state index contributed by atoms with van der Waals surface area (Å²) >= 11 is 0. The van der Waals surface area contributed by atoms with Gasteiger partial charge in [0.15, 0.2) is 14.9 Å². The summed E-state index contributed by atoms with van der Waals surface area (Å²) in [4.78, 5) is 2.10. The van der Waals surface area contributed by atoms with E-state index in [2.05, 4.69) is 32.2 Å². The van der Waals surface area contributed by atoms with Crippen molar-refractivity contribution in [2.24, 2.45) is 5.73 Å². The second-order valence-electron chi connectivity index (χ2n) is 7.39. The third kappa shape index (κ3) is 4.30. The number of piperidine rings is 1. The van der Waals surface area contributed by atoms with E-state index in [1.165, 1.54) is 0 Å². The fourth-order valence-corrected chi connectivity index (χ4v) is 3.46. The number of halogens is 1. The molecule has 0 bridgehead atoms. The molecule has 5 heteroatoms. The maximum Gasteiger partial charge on any atom is 0.179 e. The lowest BCUT2D eigenvalue weighted by Crippen LogP contribution is -2.40. The molecule has 2 N–H and O–H groups in total. The molecule has 0 radical (unpaired) electrons. The van der Waals surface area contributed by atoms with Gasteiger partial charge in [-0.15, -0.1) is 0 Å². The van der Waals surface area contributed by atoms with E-state index < -0.39 is 9.04 Å². The van der Waals surface area contributed by atoms with Crippen molar-refractivity contribution in [1.82, 2.24) is 0 Å². The third-order valence-electron chi connectivity index (χ3n) is 4.65. The van der Waals surface area contributed by atoms with Crippen molar-refractivity contribution in [1.29, 1.82) is 0 Å². The summed E-state index contributed by atoms with van der Waals surface area (Å²) in [7, 11) is -1.34. The van der Waals surface area contributed by atoms with Crippen LogP contribution in [0.5, 0.6) is 0 Å². The first-order valence-electron chi connectivity index (χ1n) is 8.18. The maximum absolute atomic E-state index is 14.8. The Morgan fingerprint density at radius 3 is 2.55 bits per heavy atom. The molecule has 1 heterocycles. The zero-order valence-corrected chi connectivity index (χ0v) is 15.4. The van der Waals surface area contributed by atoms with Gasteiger partial charge in [-0.2, -0.15) is 0 Å².